The molecule has 0 saturated heterocycles. The number of aliphatic carboxylic acids is 1. The van der Waals surface area contributed by atoms with Crippen LogP contribution in [0.25, 0.3) is 0 Å². The van der Waals surface area contributed by atoms with Gasteiger partial charge in [-0.15, -0.1) is 0 Å². The van der Waals surface area contributed by atoms with Crippen molar-refractivity contribution in [1.29, 1.82) is 0 Å². The molecule has 0 radical (unpaired) electrons. The fourth-order valence-corrected chi connectivity index (χ4v) is 3.26. The monoisotopic (exact) mass is 447 g/mol. The summed E-state index contributed by atoms with van der Waals surface area (Å²) in [5.41, 5.74) is 11.2. The van der Waals surface area contributed by atoms with Crippen LogP contribution in [0.4, 0.5) is 5.69 Å². The van der Waals surface area contributed by atoms with Crippen LogP contribution in [0.5, 0.6) is 5.75 Å². The van der Waals surface area contributed by atoms with Crippen molar-refractivity contribution in [3.63, 3.8) is 0 Å². The third-order valence-electron chi connectivity index (χ3n) is 4.85. The number of benzene rings is 1. The number of ether oxygens (including phenoxy) is 1. The third-order valence-corrected chi connectivity index (χ3v) is 4.85. The first-order valence-corrected chi connectivity index (χ1v) is 10.4. The maximum Gasteiger partial charge on any atom is 0.326 e. The summed E-state index contributed by atoms with van der Waals surface area (Å²) >= 11 is 0. The zero-order valence-corrected chi connectivity index (χ0v) is 18.2. The molecule has 1 aliphatic heterocycles. The van der Waals surface area contributed by atoms with Gasteiger partial charge in [0.2, 0.25) is 5.91 Å². The van der Waals surface area contributed by atoms with E-state index in [1.807, 2.05) is 6.92 Å². The summed E-state index contributed by atoms with van der Waals surface area (Å²) in [6, 6.07) is 3.57. The van der Waals surface area contributed by atoms with Gasteiger partial charge < -0.3 is 26.6 Å². The Labute approximate surface area is 185 Å². The number of ketones is 1. The number of rotatable bonds is 11. The van der Waals surface area contributed by atoms with E-state index in [4.69, 9.17) is 16.2 Å². The Morgan fingerprint density at radius 1 is 1.31 bits per heavy atom. The summed E-state index contributed by atoms with van der Waals surface area (Å²) in [5.74, 6) is -2.15. The highest BCUT2D eigenvalue weighted by Gasteiger charge is 2.34. The summed E-state index contributed by atoms with van der Waals surface area (Å²) in [7, 11) is 0. The minimum absolute atomic E-state index is 0.0857. The van der Waals surface area contributed by atoms with Gasteiger partial charge in [-0.25, -0.2) is 4.79 Å². The highest BCUT2D eigenvalue weighted by atomic mass is 16.5. The molecule has 11 nitrogen and oxygen atoms in total. The van der Waals surface area contributed by atoms with Crippen molar-refractivity contribution in [1.82, 2.24) is 5.32 Å². The van der Waals surface area contributed by atoms with Crippen LogP contribution in [-0.2, 0) is 14.4 Å². The number of hydrogen-bond donors (Lipinski definition) is 4. The van der Waals surface area contributed by atoms with Crippen LogP contribution in [-0.4, -0.2) is 59.9 Å². The number of amides is 2. The van der Waals surface area contributed by atoms with Crippen LogP contribution >= 0.6 is 0 Å². The maximum absolute atomic E-state index is 12.7. The second-order valence-electron chi connectivity index (χ2n) is 7.45. The Hall–Kier alpha value is -3.63. The number of Topliss-reactive ketones (excluding diaryl/α,β-unsaturated/α-hetero) is 1. The van der Waals surface area contributed by atoms with Gasteiger partial charge in [0.15, 0.2) is 17.8 Å². The van der Waals surface area contributed by atoms with Crippen LogP contribution in [0, 0.1) is 0 Å². The van der Waals surface area contributed by atoms with Gasteiger partial charge in [0.05, 0.1) is 5.69 Å². The molecule has 2 atom stereocenters. The van der Waals surface area contributed by atoms with E-state index in [-0.39, 0.29) is 24.7 Å². The lowest BCUT2D eigenvalue weighted by molar-refractivity contribution is -0.141. The van der Waals surface area contributed by atoms with E-state index in [0.717, 1.165) is 0 Å². The Morgan fingerprint density at radius 2 is 2.03 bits per heavy atom. The Kier molecular flexibility index (Phi) is 8.56. The number of carbonyl (C=O) groups is 4. The second-order valence-corrected chi connectivity index (χ2v) is 7.45. The smallest absolute Gasteiger partial charge is 0.326 e. The van der Waals surface area contributed by atoms with Crippen LogP contribution in [0.3, 0.4) is 0 Å². The lowest BCUT2D eigenvalue weighted by atomic mass is 10.0. The Morgan fingerprint density at radius 3 is 2.66 bits per heavy atom. The summed E-state index contributed by atoms with van der Waals surface area (Å²) in [6.45, 7) is 3.25. The molecule has 1 aromatic carbocycles. The number of fused-ring (bicyclic) bond motifs is 1. The van der Waals surface area contributed by atoms with Crippen molar-refractivity contribution < 1.29 is 29.0 Å². The van der Waals surface area contributed by atoms with E-state index < -0.39 is 36.5 Å². The van der Waals surface area contributed by atoms with Crippen molar-refractivity contribution >= 4 is 35.2 Å². The van der Waals surface area contributed by atoms with Crippen molar-refractivity contribution in [2.24, 2.45) is 16.5 Å². The first-order chi connectivity index (χ1) is 15.1. The Balaban J connectivity index is 2.16. The van der Waals surface area contributed by atoms with E-state index in [1.54, 1.807) is 19.1 Å². The quantitative estimate of drug-likeness (QED) is 0.163. The number of nitrogens with zero attached hydrogens (tertiary/aromatic N) is 2. The van der Waals surface area contributed by atoms with Crippen molar-refractivity contribution in [2.75, 3.05) is 18.0 Å². The molecule has 11 heteroatoms. The number of anilines is 1. The number of carbonyl (C=O) groups excluding carboxylic acids is 3. The summed E-state index contributed by atoms with van der Waals surface area (Å²) in [5, 5.41) is 11.8. The largest absolute Gasteiger partial charge is 0.480 e. The fraction of sp³-hybridized carbons (Fsp3) is 0.476. The zero-order valence-electron chi connectivity index (χ0n) is 18.2. The zero-order chi connectivity index (χ0) is 23.8. The lowest BCUT2D eigenvalue weighted by Crippen LogP contribution is -2.51. The van der Waals surface area contributed by atoms with E-state index in [9.17, 15) is 24.3 Å². The molecule has 1 heterocycles. The van der Waals surface area contributed by atoms with Gasteiger partial charge >= 0.3 is 5.97 Å². The van der Waals surface area contributed by atoms with Gasteiger partial charge in [0, 0.05) is 18.5 Å². The van der Waals surface area contributed by atoms with E-state index in [2.05, 4.69) is 10.3 Å². The van der Waals surface area contributed by atoms with Gasteiger partial charge in [-0.05, 0) is 44.4 Å². The normalized spacial score (nSPS) is 15.9. The highest BCUT2D eigenvalue weighted by Crippen LogP contribution is 2.35. The molecule has 0 bridgehead atoms. The van der Waals surface area contributed by atoms with Gasteiger partial charge in [-0.2, -0.15) is 0 Å². The first kappa shape index (κ1) is 24.6. The molecule has 2 rings (SSSR count). The number of carboxylic acid groups (broad SMARTS) is 1. The van der Waals surface area contributed by atoms with Crippen molar-refractivity contribution in [2.45, 2.75) is 51.7 Å². The van der Waals surface area contributed by atoms with Crippen LogP contribution in [0.1, 0.15) is 49.9 Å². The Bertz CT molecular complexity index is 912. The number of hydrogen-bond acceptors (Lipinski definition) is 6. The van der Waals surface area contributed by atoms with Crippen molar-refractivity contribution in [3.8, 4) is 5.75 Å². The van der Waals surface area contributed by atoms with E-state index >= 15 is 0 Å². The van der Waals surface area contributed by atoms with E-state index in [1.165, 1.54) is 11.0 Å². The molecule has 174 valence electrons. The molecule has 0 aromatic heterocycles. The molecular formula is C21H29N5O6. The molecule has 2 amide bonds. The SMILES string of the molecule is CCCC(=O)c1ccc2c(c1)N(CC(=O)NC(CCCN=C(N)N)C(=O)O)C(=O)C(C)O2. The molecule has 0 spiro atoms. The van der Waals surface area contributed by atoms with Crippen molar-refractivity contribution in [3.05, 3.63) is 23.8 Å². The minimum Gasteiger partial charge on any atom is -0.480 e. The van der Waals surface area contributed by atoms with Gasteiger partial charge in [0.25, 0.3) is 5.91 Å². The van der Waals surface area contributed by atoms with Crippen LogP contribution in [0.2, 0.25) is 0 Å². The summed E-state index contributed by atoms with van der Waals surface area (Å²) in [4.78, 5) is 54.1. The number of guanidine groups is 1. The number of nitrogens with two attached hydrogens (primary N) is 2. The predicted molar refractivity (Wildman–Crippen MR) is 118 cm³/mol. The average Bonchev–Trinajstić information content (AvgIpc) is 2.73. The standard InChI is InChI=1S/C21H29N5O6/c1-3-5-16(27)13-7-8-17-15(10-13)26(19(29)12(2)32-17)11-18(28)25-14(20(30)31)6-4-9-24-21(22)23/h7-8,10,12,14H,3-6,9,11H2,1-2H3,(H,25,28)(H,30,31)(H4,22,23,24). The molecule has 0 saturated carbocycles. The van der Waals surface area contributed by atoms with E-state index in [0.29, 0.717) is 36.3 Å². The van der Waals surface area contributed by atoms with Gasteiger partial charge in [-0.3, -0.25) is 24.3 Å². The first-order valence-electron chi connectivity index (χ1n) is 10.4. The maximum atomic E-state index is 12.7. The molecule has 1 aromatic rings. The third kappa shape index (κ3) is 6.43. The molecule has 0 aliphatic carbocycles. The summed E-state index contributed by atoms with van der Waals surface area (Å²) < 4.78 is 5.59. The topological polar surface area (TPSA) is 177 Å². The molecule has 0 fully saturated rings. The molecule has 32 heavy (non-hydrogen) atoms. The minimum atomic E-state index is -1.21. The molecule has 6 N–H and O–H groups in total. The van der Waals surface area contributed by atoms with Crippen LogP contribution in [0.15, 0.2) is 23.2 Å². The summed E-state index contributed by atoms with van der Waals surface area (Å²) in [6.07, 6.45) is 0.646. The average molecular weight is 447 g/mol. The molecule has 2 unspecified atom stereocenters. The molecular weight excluding hydrogens is 418 g/mol. The fourth-order valence-electron chi connectivity index (χ4n) is 3.26. The molecule has 1 aliphatic rings. The lowest BCUT2D eigenvalue weighted by Gasteiger charge is -2.33. The number of aliphatic imine (C=N–C) groups is 1. The van der Waals surface area contributed by atoms with Crippen LogP contribution < -0.4 is 26.4 Å². The number of carboxylic acids is 1. The predicted octanol–water partition coefficient (Wildman–Crippen LogP) is 0.406. The number of nitrogens with one attached hydrogen (secondary N) is 1. The second kappa shape index (κ2) is 11.1. The van der Waals surface area contributed by atoms with Gasteiger partial charge in [0.1, 0.15) is 18.3 Å². The van der Waals surface area contributed by atoms with Gasteiger partial charge in [-0.1, -0.05) is 6.92 Å². The highest BCUT2D eigenvalue weighted by molar-refractivity contribution is 6.05.